The number of thioether (sulfide) groups is 1. The van der Waals surface area contributed by atoms with Crippen molar-refractivity contribution < 1.29 is 42.9 Å². The van der Waals surface area contributed by atoms with Crippen molar-refractivity contribution in [2.24, 2.45) is 0 Å². The van der Waals surface area contributed by atoms with Crippen LogP contribution in [0.3, 0.4) is 0 Å². The maximum atomic E-state index is 13.1. The molecule has 0 bridgehead atoms. The molecule has 196 valence electrons. The number of hydrogen-bond acceptors (Lipinski definition) is 10. The molecule has 2 amide bonds. The number of halogens is 2. The third-order valence-electron chi connectivity index (χ3n) is 5.63. The van der Waals surface area contributed by atoms with Crippen LogP contribution in [0.25, 0.3) is 11.0 Å². The van der Waals surface area contributed by atoms with E-state index in [-0.39, 0.29) is 45.9 Å². The van der Waals surface area contributed by atoms with Crippen molar-refractivity contribution in [3.05, 3.63) is 42.3 Å². The summed E-state index contributed by atoms with van der Waals surface area (Å²) in [5.41, 5.74) is -1.29. The van der Waals surface area contributed by atoms with Crippen molar-refractivity contribution >= 4 is 78.3 Å². The standard InChI is InChI=1S/C22H18Br2N2O10S/c1-7(27)35-5-8-6-37-20-13(19(29)26(20)14(8)21(30)31)25-18(28)10-4-9-15(33-2)11(23)17(34-3)12(24)16(9)36-22(10)32/h4,13,20H,5-6H2,1-3H3,(H,25,28)(H,30,31)/t13-,20-/m1/s1. The average molecular weight is 662 g/mol. The highest BCUT2D eigenvalue weighted by Crippen LogP contribution is 2.47. The van der Waals surface area contributed by atoms with Gasteiger partial charge in [0.05, 0.1) is 19.6 Å². The molecule has 1 aromatic carbocycles. The van der Waals surface area contributed by atoms with Crippen LogP contribution in [0.4, 0.5) is 0 Å². The highest BCUT2D eigenvalue weighted by atomic mass is 79.9. The molecule has 15 heteroatoms. The summed E-state index contributed by atoms with van der Waals surface area (Å²) >= 11 is 7.89. The van der Waals surface area contributed by atoms with Crippen molar-refractivity contribution in [2.45, 2.75) is 18.3 Å². The van der Waals surface area contributed by atoms with Crippen molar-refractivity contribution in [1.29, 1.82) is 0 Å². The third kappa shape index (κ3) is 4.59. The van der Waals surface area contributed by atoms with E-state index in [0.29, 0.717) is 14.7 Å². The number of carboxylic acid groups (broad SMARTS) is 1. The zero-order chi connectivity index (χ0) is 27.2. The highest BCUT2D eigenvalue weighted by Gasteiger charge is 2.54. The number of methoxy groups -OCH3 is 2. The van der Waals surface area contributed by atoms with Crippen LogP contribution in [0, 0.1) is 0 Å². The van der Waals surface area contributed by atoms with Gasteiger partial charge in [-0.15, -0.1) is 11.8 Å². The molecule has 2 aliphatic rings. The summed E-state index contributed by atoms with van der Waals surface area (Å²) in [5.74, 6) is -2.79. The second-order valence-corrected chi connectivity index (χ2v) is 10.5. The fraction of sp³-hybridized carbons (Fsp3) is 0.318. The van der Waals surface area contributed by atoms with Crippen molar-refractivity contribution in [1.82, 2.24) is 10.2 Å². The number of fused-ring (bicyclic) bond motifs is 2. The van der Waals surface area contributed by atoms with Crippen LogP contribution in [0.15, 0.2) is 35.5 Å². The van der Waals surface area contributed by atoms with Gasteiger partial charge in [-0.25, -0.2) is 9.59 Å². The van der Waals surface area contributed by atoms with E-state index in [1.165, 1.54) is 39.0 Å². The van der Waals surface area contributed by atoms with Crippen LogP contribution in [0.5, 0.6) is 11.5 Å². The second-order valence-electron chi connectivity index (χ2n) is 7.78. The summed E-state index contributed by atoms with van der Waals surface area (Å²) in [5, 5.41) is 11.7. The van der Waals surface area contributed by atoms with E-state index >= 15 is 0 Å². The largest absolute Gasteiger partial charge is 0.495 e. The molecule has 12 nitrogen and oxygen atoms in total. The van der Waals surface area contributed by atoms with Crippen LogP contribution in [-0.4, -0.2) is 71.8 Å². The molecule has 2 aromatic rings. The Morgan fingerprint density at radius 1 is 1.19 bits per heavy atom. The molecule has 0 saturated carbocycles. The third-order valence-corrected chi connectivity index (χ3v) is 8.41. The lowest BCUT2D eigenvalue weighted by molar-refractivity contribution is -0.149. The number of rotatable bonds is 7. The van der Waals surface area contributed by atoms with Crippen LogP contribution in [0.2, 0.25) is 0 Å². The molecule has 3 heterocycles. The Morgan fingerprint density at radius 3 is 2.46 bits per heavy atom. The monoisotopic (exact) mass is 660 g/mol. The first-order valence-corrected chi connectivity index (χ1v) is 13.1. The zero-order valence-electron chi connectivity index (χ0n) is 19.4. The van der Waals surface area contributed by atoms with Gasteiger partial charge in [-0.3, -0.25) is 19.3 Å². The van der Waals surface area contributed by atoms with E-state index in [1.807, 2.05) is 0 Å². The first-order chi connectivity index (χ1) is 17.5. The van der Waals surface area contributed by atoms with Gasteiger partial charge in [0.2, 0.25) is 0 Å². The quantitative estimate of drug-likeness (QED) is 0.254. The summed E-state index contributed by atoms with van der Waals surface area (Å²) in [7, 11) is 2.81. The van der Waals surface area contributed by atoms with Gasteiger partial charge in [-0.2, -0.15) is 0 Å². The predicted octanol–water partition coefficient (Wildman–Crippen LogP) is 2.25. The molecule has 4 rings (SSSR count). The molecule has 0 unspecified atom stereocenters. The van der Waals surface area contributed by atoms with E-state index < -0.39 is 40.8 Å². The number of ether oxygens (including phenoxy) is 3. The van der Waals surface area contributed by atoms with E-state index in [4.69, 9.17) is 18.6 Å². The predicted molar refractivity (Wildman–Crippen MR) is 137 cm³/mol. The Labute approximate surface area is 229 Å². The summed E-state index contributed by atoms with van der Waals surface area (Å²) < 4.78 is 21.8. The van der Waals surface area contributed by atoms with Gasteiger partial charge >= 0.3 is 17.6 Å². The number of amides is 2. The minimum absolute atomic E-state index is 0.0868. The van der Waals surface area contributed by atoms with Crippen molar-refractivity contribution in [3.63, 3.8) is 0 Å². The summed E-state index contributed by atoms with van der Waals surface area (Å²) in [4.78, 5) is 62.6. The van der Waals surface area contributed by atoms with Crippen molar-refractivity contribution in [3.8, 4) is 11.5 Å². The van der Waals surface area contributed by atoms with Gasteiger partial charge < -0.3 is 29.1 Å². The minimum atomic E-state index is -1.36. The first kappa shape index (κ1) is 27.0. The van der Waals surface area contributed by atoms with Gasteiger partial charge in [0, 0.05) is 18.2 Å². The molecule has 2 atom stereocenters. The van der Waals surface area contributed by atoms with E-state index in [0.717, 1.165) is 4.90 Å². The van der Waals surface area contributed by atoms with Gasteiger partial charge in [0.25, 0.3) is 11.8 Å². The first-order valence-electron chi connectivity index (χ1n) is 10.4. The number of hydrogen-bond donors (Lipinski definition) is 2. The maximum Gasteiger partial charge on any atom is 0.352 e. The number of carbonyl (C=O) groups excluding carboxylic acids is 3. The fourth-order valence-electron chi connectivity index (χ4n) is 3.96. The Morgan fingerprint density at radius 2 is 1.86 bits per heavy atom. The molecule has 1 fully saturated rings. The van der Waals surface area contributed by atoms with Crippen LogP contribution < -0.4 is 20.4 Å². The second kappa shape index (κ2) is 10.4. The summed E-state index contributed by atoms with van der Waals surface area (Å²) in [6, 6.07) is 0.187. The van der Waals surface area contributed by atoms with Crippen LogP contribution >= 0.6 is 43.6 Å². The molecular weight excluding hydrogens is 644 g/mol. The minimum Gasteiger partial charge on any atom is -0.495 e. The average Bonchev–Trinajstić information content (AvgIpc) is 2.85. The lowest BCUT2D eigenvalue weighted by Gasteiger charge is -2.49. The lowest BCUT2D eigenvalue weighted by atomic mass is 10.0. The Hall–Kier alpha value is -3.04. The SMILES string of the molecule is COc1c(Br)c(OC)c2cc(C(=O)N[C@@H]3C(=O)N4C(C(=O)O)=C(COC(C)=O)CS[C@H]34)c(=O)oc2c1Br. The fourth-order valence-corrected chi connectivity index (χ4v) is 6.95. The molecule has 1 saturated heterocycles. The Bertz CT molecular complexity index is 1450. The van der Waals surface area contributed by atoms with E-state index in [9.17, 15) is 29.1 Å². The van der Waals surface area contributed by atoms with E-state index in [1.54, 1.807) is 0 Å². The number of esters is 1. The van der Waals surface area contributed by atoms with Gasteiger partial charge in [0.1, 0.15) is 44.0 Å². The normalized spacial score (nSPS) is 18.7. The molecular formula is C22H18Br2N2O10S. The Kier molecular flexibility index (Phi) is 7.57. The molecule has 0 radical (unpaired) electrons. The molecule has 0 aliphatic carbocycles. The number of carboxylic acids is 1. The number of β-lactam (4-membered cyclic amide) rings is 1. The maximum absolute atomic E-state index is 13.1. The van der Waals surface area contributed by atoms with Gasteiger partial charge in [0.15, 0.2) is 11.3 Å². The van der Waals surface area contributed by atoms with Gasteiger partial charge in [-0.1, -0.05) is 0 Å². The number of aliphatic carboxylic acids is 1. The summed E-state index contributed by atoms with van der Waals surface area (Å²) in [6.07, 6.45) is 0. The number of nitrogens with one attached hydrogen (secondary N) is 1. The molecule has 1 aromatic heterocycles. The topological polar surface area (TPSA) is 162 Å². The molecule has 0 spiro atoms. The number of benzene rings is 1. The lowest BCUT2D eigenvalue weighted by Crippen LogP contribution is -2.70. The Balaban J connectivity index is 1.64. The smallest absolute Gasteiger partial charge is 0.352 e. The molecule has 2 N–H and O–H groups in total. The van der Waals surface area contributed by atoms with Crippen LogP contribution in [0.1, 0.15) is 17.3 Å². The molecule has 2 aliphatic heterocycles. The van der Waals surface area contributed by atoms with Crippen LogP contribution in [-0.2, 0) is 19.1 Å². The summed E-state index contributed by atoms with van der Waals surface area (Å²) in [6.45, 7) is 0.917. The number of nitrogens with zero attached hydrogens (tertiary/aromatic N) is 1. The van der Waals surface area contributed by atoms with E-state index in [2.05, 4.69) is 37.2 Å². The zero-order valence-corrected chi connectivity index (χ0v) is 23.4. The van der Waals surface area contributed by atoms with Gasteiger partial charge in [-0.05, 0) is 37.9 Å². The van der Waals surface area contributed by atoms with Crippen molar-refractivity contribution in [2.75, 3.05) is 26.6 Å². The highest BCUT2D eigenvalue weighted by molar-refractivity contribution is 9.11. The number of carbonyl (C=O) groups is 4. The molecule has 37 heavy (non-hydrogen) atoms.